The summed E-state index contributed by atoms with van der Waals surface area (Å²) < 4.78 is 5.21. The Balaban J connectivity index is 1.38. The van der Waals surface area contributed by atoms with Crippen LogP contribution in [0.15, 0.2) is 54.6 Å². The number of hydrazine groups is 1. The summed E-state index contributed by atoms with van der Waals surface area (Å²) in [4.78, 5) is 54.5. The molecule has 2 aromatic rings. The molecule has 6 atom stereocenters. The molecule has 0 aromatic heterocycles. The quantitative estimate of drug-likeness (QED) is 0.319. The fraction of sp³-hybridized carbons (Fsp3) is 0.333. The van der Waals surface area contributed by atoms with Crippen molar-refractivity contribution in [2.24, 2.45) is 35.5 Å². The van der Waals surface area contributed by atoms with Crippen molar-refractivity contribution < 1.29 is 23.9 Å². The van der Waals surface area contributed by atoms with E-state index < -0.39 is 41.9 Å². The third-order valence-corrected chi connectivity index (χ3v) is 8.51. The van der Waals surface area contributed by atoms with Crippen molar-refractivity contribution in [1.29, 1.82) is 0 Å². The Kier molecular flexibility index (Phi) is 5.46. The zero-order valence-corrected chi connectivity index (χ0v) is 20.8. The van der Waals surface area contributed by atoms with Gasteiger partial charge >= 0.3 is 0 Å². The minimum atomic E-state index is -0.723. The Morgan fingerprint density at radius 3 is 2.28 bits per heavy atom. The van der Waals surface area contributed by atoms with Crippen LogP contribution in [0.4, 0.5) is 0 Å². The lowest BCUT2D eigenvalue weighted by Crippen LogP contribution is -2.52. The first-order valence-corrected chi connectivity index (χ1v) is 12.6. The highest BCUT2D eigenvalue weighted by Gasteiger charge is 2.68. The van der Waals surface area contributed by atoms with Gasteiger partial charge in [-0.15, -0.1) is 0 Å². The maximum Gasteiger partial charge on any atom is 0.274 e. The molecule has 5 aliphatic rings. The first-order chi connectivity index (χ1) is 17.3. The van der Waals surface area contributed by atoms with E-state index in [1.54, 1.807) is 24.3 Å². The second-order valence-corrected chi connectivity index (χ2v) is 10.6. The maximum atomic E-state index is 13.8. The number of imide groups is 1. The van der Waals surface area contributed by atoms with Gasteiger partial charge in [-0.25, -0.2) is 5.01 Å². The molecule has 1 heterocycles. The van der Waals surface area contributed by atoms with E-state index in [-0.39, 0.29) is 28.0 Å². The molecule has 1 aliphatic heterocycles. The molecule has 1 saturated heterocycles. The van der Waals surface area contributed by atoms with E-state index in [9.17, 15) is 19.2 Å². The van der Waals surface area contributed by atoms with Crippen LogP contribution in [0, 0.1) is 35.5 Å². The number of Topliss-reactive ketones (excluding diaryl/α,β-unsaturated/α-hetero) is 1. The van der Waals surface area contributed by atoms with Crippen molar-refractivity contribution in [3.63, 3.8) is 0 Å². The summed E-state index contributed by atoms with van der Waals surface area (Å²) in [5.74, 6) is -1.83. The molecule has 0 radical (unpaired) electrons. The largest absolute Gasteiger partial charge is 0.497 e. The number of methoxy groups -OCH3 is 1. The van der Waals surface area contributed by atoms with E-state index in [0.29, 0.717) is 22.6 Å². The lowest BCUT2D eigenvalue weighted by Gasteiger charge is -2.37. The number of benzene rings is 2. The van der Waals surface area contributed by atoms with Gasteiger partial charge < -0.3 is 4.74 Å². The second kappa shape index (κ2) is 8.46. The summed E-state index contributed by atoms with van der Waals surface area (Å²) in [5, 5.41) is 2.24. The topological polar surface area (TPSA) is 84.0 Å². The first kappa shape index (κ1) is 23.3. The fourth-order valence-corrected chi connectivity index (χ4v) is 6.73. The molecule has 36 heavy (non-hydrogen) atoms. The highest BCUT2D eigenvalue weighted by atomic mass is 35.5. The van der Waals surface area contributed by atoms with Crippen LogP contribution in [-0.2, 0) is 9.59 Å². The number of allylic oxidation sites excluding steroid dienone is 2. The van der Waals surface area contributed by atoms with Gasteiger partial charge in [-0.05, 0) is 60.4 Å². The van der Waals surface area contributed by atoms with Gasteiger partial charge in [-0.3, -0.25) is 19.2 Å². The Morgan fingerprint density at radius 2 is 1.67 bits per heavy atom. The molecule has 7 rings (SSSR count). The Hall–Kier alpha value is -3.16. The summed E-state index contributed by atoms with van der Waals surface area (Å²) in [6.07, 6.45) is 5.13. The standard InChI is InChI=1S/C27H22Cl2N2O5/c1-36-15-4-2-3-13(9-15)22(32)12-30(25(33)18-6-5-14(28)10-21(18)29)31-26(34)23-16-7-8-17(20-11-19(16)20)24(23)27(31)35/h2-10,16-17,19-20,23-24H,11-12H2,1H3/t16-,17-,19-,20+,23-,24+/m0/s1. The average Bonchev–Trinajstić information content (AvgIpc) is 3.66. The van der Waals surface area contributed by atoms with E-state index in [2.05, 4.69) is 12.2 Å². The van der Waals surface area contributed by atoms with Crippen LogP contribution in [-0.4, -0.2) is 47.2 Å². The van der Waals surface area contributed by atoms with Crippen molar-refractivity contribution in [3.8, 4) is 5.75 Å². The molecule has 0 N–H and O–H groups in total. The molecule has 7 nitrogen and oxygen atoms in total. The fourth-order valence-electron chi connectivity index (χ4n) is 6.24. The summed E-state index contributed by atoms with van der Waals surface area (Å²) in [6, 6.07) is 10.8. The maximum absolute atomic E-state index is 13.8. The zero-order chi connectivity index (χ0) is 25.3. The van der Waals surface area contributed by atoms with Gasteiger partial charge in [-0.2, -0.15) is 5.01 Å². The Morgan fingerprint density at radius 1 is 1.00 bits per heavy atom. The van der Waals surface area contributed by atoms with E-state index >= 15 is 0 Å². The number of halogens is 2. The number of rotatable bonds is 6. The van der Waals surface area contributed by atoms with Crippen LogP contribution in [0.3, 0.4) is 0 Å². The van der Waals surface area contributed by atoms with Gasteiger partial charge in [0, 0.05) is 10.6 Å². The minimum Gasteiger partial charge on any atom is -0.497 e. The van der Waals surface area contributed by atoms with Crippen LogP contribution in [0.25, 0.3) is 0 Å². The van der Waals surface area contributed by atoms with Gasteiger partial charge in [0.15, 0.2) is 5.78 Å². The Labute approximate surface area is 217 Å². The minimum absolute atomic E-state index is 0.0170. The molecular formula is C27H22Cl2N2O5. The predicted molar refractivity (Wildman–Crippen MR) is 131 cm³/mol. The average molecular weight is 525 g/mol. The van der Waals surface area contributed by atoms with Gasteiger partial charge in [-0.1, -0.05) is 47.5 Å². The van der Waals surface area contributed by atoms with Crippen molar-refractivity contribution in [3.05, 3.63) is 75.8 Å². The lowest BCUT2D eigenvalue weighted by molar-refractivity contribution is -0.154. The smallest absolute Gasteiger partial charge is 0.274 e. The van der Waals surface area contributed by atoms with Crippen molar-refractivity contribution in [2.45, 2.75) is 6.42 Å². The molecule has 9 heteroatoms. The number of hydrogen-bond acceptors (Lipinski definition) is 5. The first-order valence-electron chi connectivity index (χ1n) is 11.8. The van der Waals surface area contributed by atoms with E-state index in [1.165, 1.54) is 25.3 Å². The van der Waals surface area contributed by atoms with Crippen molar-refractivity contribution in [1.82, 2.24) is 10.0 Å². The summed E-state index contributed by atoms with van der Waals surface area (Å²) in [5.41, 5.74) is 0.327. The number of ether oxygens (including phenoxy) is 1. The molecule has 0 spiro atoms. The van der Waals surface area contributed by atoms with Gasteiger partial charge in [0.25, 0.3) is 17.7 Å². The Bertz CT molecular complexity index is 1320. The molecule has 3 amide bonds. The van der Waals surface area contributed by atoms with Crippen molar-refractivity contribution >= 4 is 46.7 Å². The van der Waals surface area contributed by atoms with E-state index in [4.69, 9.17) is 27.9 Å². The molecule has 2 bridgehead atoms. The number of hydrogen-bond donors (Lipinski definition) is 0. The number of ketones is 1. The molecule has 2 saturated carbocycles. The number of carbonyl (C=O) groups excluding carboxylic acids is 4. The molecule has 0 unspecified atom stereocenters. The number of amides is 3. The molecule has 4 aliphatic carbocycles. The lowest BCUT2D eigenvalue weighted by atomic mass is 9.63. The molecule has 2 aromatic carbocycles. The van der Waals surface area contributed by atoms with Gasteiger partial charge in [0.1, 0.15) is 12.3 Å². The molecule has 3 fully saturated rings. The zero-order valence-electron chi connectivity index (χ0n) is 19.3. The van der Waals surface area contributed by atoms with Gasteiger partial charge in [0.05, 0.1) is 29.5 Å². The number of carbonyl (C=O) groups is 4. The van der Waals surface area contributed by atoms with Crippen LogP contribution in [0.1, 0.15) is 27.1 Å². The predicted octanol–water partition coefficient (Wildman–Crippen LogP) is 4.30. The van der Waals surface area contributed by atoms with Crippen molar-refractivity contribution in [2.75, 3.05) is 13.7 Å². The van der Waals surface area contributed by atoms with Crippen LogP contribution in [0.5, 0.6) is 5.75 Å². The highest BCUT2D eigenvalue weighted by molar-refractivity contribution is 6.36. The molecular weight excluding hydrogens is 503 g/mol. The second-order valence-electron chi connectivity index (χ2n) is 9.78. The van der Waals surface area contributed by atoms with Gasteiger partial charge in [0.2, 0.25) is 0 Å². The normalized spacial score (nSPS) is 29.1. The summed E-state index contributed by atoms with van der Waals surface area (Å²) >= 11 is 12.3. The summed E-state index contributed by atoms with van der Waals surface area (Å²) in [6.45, 7) is -0.516. The third-order valence-electron chi connectivity index (χ3n) is 7.96. The summed E-state index contributed by atoms with van der Waals surface area (Å²) in [7, 11) is 1.48. The monoisotopic (exact) mass is 524 g/mol. The SMILES string of the molecule is COc1cccc(C(=O)CN(C(=O)c2ccc(Cl)cc2Cl)N2C(=O)[C@@H]3[C@H]4C=C[C@@H]([C@@H]5C[C@H]45)[C@@H]3C2=O)c1. The van der Waals surface area contributed by atoms with E-state index in [1.807, 2.05) is 0 Å². The van der Waals surface area contributed by atoms with E-state index in [0.717, 1.165) is 16.4 Å². The molecule has 184 valence electrons. The van der Waals surface area contributed by atoms with Crippen LogP contribution in [0.2, 0.25) is 10.0 Å². The van der Waals surface area contributed by atoms with Crippen LogP contribution < -0.4 is 4.74 Å². The van der Waals surface area contributed by atoms with Crippen LogP contribution >= 0.6 is 23.2 Å². The third kappa shape index (κ3) is 3.48. The number of nitrogens with zero attached hydrogens (tertiary/aromatic N) is 2. The highest BCUT2D eigenvalue weighted by Crippen LogP contribution is 2.65.